The number of ketones is 1. The van der Waals surface area contributed by atoms with Crippen LogP contribution in [0.4, 0.5) is 0 Å². The van der Waals surface area contributed by atoms with Crippen LogP contribution in [0, 0.1) is 0 Å². The first-order valence-corrected chi connectivity index (χ1v) is 8.53. The minimum absolute atomic E-state index is 0.0967. The van der Waals surface area contributed by atoms with Crippen molar-refractivity contribution in [1.29, 1.82) is 0 Å². The summed E-state index contributed by atoms with van der Waals surface area (Å²) in [5.74, 6) is -0.738. The number of aliphatic hydroxyl groups is 1. The van der Waals surface area contributed by atoms with E-state index in [1.165, 1.54) is 16.2 Å². The van der Waals surface area contributed by atoms with Crippen molar-refractivity contribution in [3.8, 4) is 5.75 Å². The molecule has 1 atom stereocenters. The van der Waals surface area contributed by atoms with Crippen LogP contribution in [0.2, 0.25) is 0 Å². The maximum absolute atomic E-state index is 12.9. The van der Waals surface area contributed by atoms with E-state index in [9.17, 15) is 14.7 Å². The summed E-state index contributed by atoms with van der Waals surface area (Å²) in [7, 11) is 1.57. The number of nitrogens with zero attached hydrogens (tertiary/aromatic N) is 1. The van der Waals surface area contributed by atoms with Gasteiger partial charge in [-0.25, -0.2) is 0 Å². The summed E-state index contributed by atoms with van der Waals surface area (Å²) >= 11 is 1.27. The van der Waals surface area contributed by atoms with Gasteiger partial charge in [-0.1, -0.05) is 24.3 Å². The molecule has 0 saturated carbocycles. The van der Waals surface area contributed by atoms with E-state index in [2.05, 4.69) is 6.58 Å². The number of amides is 1. The minimum Gasteiger partial charge on any atom is -0.503 e. The summed E-state index contributed by atoms with van der Waals surface area (Å²) in [4.78, 5) is 27.3. The zero-order valence-electron chi connectivity index (χ0n) is 13.6. The molecule has 0 radical (unpaired) electrons. The highest BCUT2D eigenvalue weighted by Crippen LogP contribution is 2.39. The maximum Gasteiger partial charge on any atom is 0.290 e. The molecule has 1 aromatic carbocycles. The number of benzene rings is 1. The number of aliphatic hydroxyl groups excluding tert-OH is 1. The molecule has 0 spiro atoms. The number of hydrogen-bond donors (Lipinski definition) is 1. The Balaban J connectivity index is 2.09. The second kappa shape index (κ2) is 6.94. The van der Waals surface area contributed by atoms with E-state index in [0.717, 1.165) is 5.56 Å². The van der Waals surface area contributed by atoms with Crippen molar-refractivity contribution in [2.24, 2.45) is 0 Å². The third-order valence-corrected chi connectivity index (χ3v) is 4.92. The van der Waals surface area contributed by atoms with E-state index in [4.69, 9.17) is 4.74 Å². The van der Waals surface area contributed by atoms with Gasteiger partial charge in [0.05, 0.1) is 23.6 Å². The summed E-state index contributed by atoms with van der Waals surface area (Å²) in [6.45, 7) is 3.89. The molecule has 6 heteroatoms. The van der Waals surface area contributed by atoms with Gasteiger partial charge in [-0.05, 0) is 29.1 Å². The Hall–Kier alpha value is -2.86. The fraction of sp³-hybridized carbons (Fsp3) is 0.158. The molecule has 1 aliphatic heterocycles. The topological polar surface area (TPSA) is 66.8 Å². The second-order valence-electron chi connectivity index (χ2n) is 5.49. The van der Waals surface area contributed by atoms with Gasteiger partial charge in [-0.15, -0.1) is 17.9 Å². The smallest absolute Gasteiger partial charge is 0.290 e. The van der Waals surface area contributed by atoms with Crippen molar-refractivity contribution in [1.82, 2.24) is 4.90 Å². The number of ether oxygens (including phenoxy) is 1. The lowest BCUT2D eigenvalue weighted by Gasteiger charge is -2.25. The fourth-order valence-electron chi connectivity index (χ4n) is 2.89. The molecule has 2 heterocycles. The molecular formula is C19H17NO4S. The molecule has 2 aromatic rings. The number of carbonyl (C=O) groups excluding carboxylic acids is 2. The molecule has 0 aliphatic carbocycles. The Labute approximate surface area is 149 Å². The van der Waals surface area contributed by atoms with Crippen LogP contribution in [0.25, 0.3) is 0 Å². The van der Waals surface area contributed by atoms with Gasteiger partial charge in [0, 0.05) is 6.54 Å². The van der Waals surface area contributed by atoms with Crippen LogP contribution in [-0.2, 0) is 4.79 Å². The average Bonchev–Trinajstić information content (AvgIpc) is 3.25. The van der Waals surface area contributed by atoms with Crippen molar-refractivity contribution in [2.45, 2.75) is 6.04 Å². The van der Waals surface area contributed by atoms with E-state index < -0.39 is 17.7 Å². The highest BCUT2D eigenvalue weighted by Gasteiger charge is 2.43. The number of methoxy groups -OCH3 is 1. The first-order chi connectivity index (χ1) is 12.1. The third-order valence-electron chi connectivity index (χ3n) is 4.05. The predicted octanol–water partition coefficient (Wildman–Crippen LogP) is 3.52. The Morgan fingerprint density at radius 2 is 2.08 bits per heavy atom. The van der Waals surface area contributed by atoms with Gasteiger partial charge in [0.25, 0.3) is 5.91 Å². The standard InChI is InChI=1S/C19H17NO4S/c1-3-10-20-16(12-6-8-13(24-2)9-7-12)15(18(22)19(20)23)17(21)14-5-4-11-25-14/h3-9,11,16,22H,1,10H2,2H3/t16-/m0/s1. The number of thiophene rings is 1. The SMILES string of the molecule is C=CCN1C(=O)C(O)=C(C(=O)c2cccs2)[C@@H]1c1ccc(OC)cc1. The second-order valence-corrected chi connectivity index (χ2v) is 6.44. The van der Waals surface area contributed by atoms with E-state index in [1.807, 2.05) is 0 Å². The van der Waals surface area contributed by atoms with E-state index in [-0.39, 0.29) is 17.9 Å². The van der Waals surface area contributed by atoms with E-state index in [0.29, 0.717) is 10.6 Å². The van der Waals surface area contributed by atoms with Gasteiger partial charge in [-0.2, -0.15) is 0 Å². The third kappa shape index (κ3) is 2.96. The van der Waals surface area contributed by atoms with Crippen LogP contribution in [0.5, 0.6) is 5.75 Å². The molecule has 0 saturated heterocycles. The van der Waals surface area contributed by atoms with Crippen LogP contribution < -0.4 is 4.74 Å². The largest absolute Gasteiger partial charge is 0.503 e. The summed E-state index contributed by atoms with van der Waals surface area (Å²) in [5, 5.41) is 12.2. The lowest BCUT2D eigenvalue weighted by atomic mass is 9.95. The maximum atomic E-state index is 12.9. The molecule has 1 N–H and O–H groups in total. The molecule has 0 unspecified atom stereocenters. The van der Waals surface area contributed by atoms with Gasteiger partial charge in [-0.3, -0.25) is 9.59 Å². The number of Topliss-reactive ketones (excluding diaryl/α,β-unsaturated/α-hetero) is 1. The molecule has 25 heavy (non-hydrogen) atoms. The molecule has 1 aliphatic rings. The number of carbonyl (C=O) groups is 2. The molecule has 1 amide bonds. The molecule has 1 aromatic heterocycles. The first kappa shape index (κ1) is 17.0. The quantitative estimate of drug-likeness (QED) is 0.636. The van der Waals surface area contributed by atoms with Gasteiger partial charge in [0.15, 0.2) is 5.76 Å². The fourth-order valence-corrected chi connectivity index (χ4v) is 3.56. The Morgan fingerprint density at radius 1 is 1.36 bits per heavy atom. The number of rotatable bonds is 6. The van der Waals surface area contributed by atoms with Crippen molar-refractivity contribution >= 4 is 23.0 Å². The lowest BCUT2D eigenvalue weighted by Crippen LogP contribution is -2.31. The minimum atomic E-state index is -0.661. The van der Waals surface area contributed by atoms with Crippen molar-refractivity contribution < 1.29 is 19.4 Å². The van der Waals surface area contributed by atoms with Crippen molar-refractivity contribution in [3.63, 3.8) is 0 Å². The summed E-state index contributed by atoms with van der Waals surface area (Å²) in [6, 6.07) is 9.87. The van der Waals surface area contributed by atoms with Crippen LogP contribution in [0.1, 0.15) is 21.3 Å². The van der Waals surface area contributed by atoms with Crippen LogP contribution in [0.3, 0.4) is 0 Å². The lowest BCUT2D eigenvalue weighted by molar-refractivity contribution is -0.128. The van der Waals surface area contributed by atoms with Gasteiger partial charge in [0.2, 0.25) is 5.78 Å². The van der Waals surface area contributed by atoms with Crippen molar-refractivity contribution in [3.05, 3.63) is 76.2 Å². The molecule has 0 bridgehead atoms. The zero-order valence-corrected chi connectivity index (χ0v) is 14.5. The van der Waals surface area contributed by atoms with Gasteiger partial charge in [0.1, 0.15) is 5.75 Å². The highest BCUT2D eigenvalue weighted by molar-refractivity contribution is 7.12. The zero-order chi connectivity index (χ0) is 18.0. The Bertz CT molecular complexity index is 837. The normalized spacial score (nSPS) is 17.1. The Morgan fingerprint density at radius 3 is 2.64 bits per heavy atom. The van der Waals surface area contributed by atoms with Crippen LogP contribution in [0.15, 0.2) is 65.8 Å². The van der Waals surface area contributed by atoms with Gasteiger partial charge >= 0.3 is 0 Å². The summed E-state index contributed by atoms with van der Waals surface area (Å²) in [6.07, 6.45) is 1.57. The monoisotopic (exact) mass is 355 g/mol. The van der Waals surface area contributed by atoms with Crippen LogP contribution >= 0.6 is 11.3 Å². The Kier molecular flexibility index (Phi) is 4.72. The average molecular weight is 355 g/mol. The molecule has 3 rings (SSSR count). The summed E-state index contributed by atoms with van der Waals surface area (Å²) < 4.78 is 5.16. The molecule has 5 nitrogen and oxygen atoms in total. The molecular weight excluding hydrogens is 338 g/mol. The summed E-state index contributed by atoms with van der Waals surface area (Å²) in [5.41, 5.74) is 0.819. The van der Waals surface area contributed by atoms with Crippen molar-refractivity contribution in [2.75, 3.05) is 13.7 Å². The van der Waals surface area contributed by atoms with Gasteiger partial charge < -0.3 is 14.7 Å². The highest BCUT2D eigenvalue weighted by atomic mass is 32.1. The van der Waals surface area contributed by atoms with E-state index >= 15 is 0 Å². The predicted molar refractivity (Wildman–Crippen MR) is 95.9 cm³/mol. The van der Waals surface area contributed by atoms with E-state index in [1.54, 1.807) is 55.0 Å². The molecule has 128 valence electrons. The van der Waals surface area contributed by atoms with Crippen LogP contribution in [-0.4, -0.2) is 35.4 Å². The first-order valence-electron chi connectivity index (χ1n) is 7.65. The molecule has 0 fully saturated rings. The number of hydrogen-bond acceptors (Lipinski definition) is 5.